The minimum absolute atomic E-state index is 0.0345. The number of hydrogen-bond donors (Lipinski definition) is 1. The third-order valence-electron chi connectivity index (χ3n) is 2.06. The van der Waals surface area contributed by atoms with E-state index in [0.29, 0.717) is 21.5 Å². The number of halogens is 2. The van der Waals surface area contributed by atoms with Crippen molar-refractivity contribution in [3.8, 4) is 0 Å². The summed E-state index contributed by atoms with van der Waals surface area (Å²) in [5, 5.41) is 0.943. The van der Waals surface area contributed by atoms with Crippen LogP contribution in [0.15, 0.2) is 23.1 Å². The third kappa shape index (κ3) is 3.45. The van der Waals surface area contributed by atoms with Crippen molar-refractivity contribution >= 4 is 34.0 Å². The van der Waals surface area contributed by atoms with E-state index in [9.17, 15) is 4.21 Å². The Hall–Kier alpha value is -0.0900. The van der Waals surface area contributed by atoms with Gasteiger partial charge in [0.15, 0.2) is 0 Å². The van der Waals surface area contributed by atoms with Crippen molar-refractivity contribution in [1.82, 2.24) is 0 Å². The van der Waals surface area contributed by atoms with Gasteiger partial charge in [-0.25, -0.2) is 0 Å². The summed E-state index contributed by atoms with van der Waals surface area (Å²) in [6.07, 6.45) is 0.729. The second kappa shape index (κ2) is 5.85. The molecule has 2 nitrogen and oxygen atoms in total. The molecule has 0 aromatic heterocycles. The molecule has 1 rings (SSSR count). The van der Waals surface area contributed by atoms with Crippen LogP contribution < -0.4 is 5.73 Å². The zero-order chi connectivity index (χ0) is 11.4. The summed E-state index contributed by atoms with van der Waals surface area (Å²) in [5.41, 5.74) is 5.42. The molecule has 0 saturated heterocycles. The maximum Gasteiger partial charge on any atom is 0.0604 e. The summed E-state index contributed by atoms with van der Waals surface area (Å²) in [4.78, 5) is 0.699. The van der Waals surface area contributed by atoms with E-state index in [4.69, 9.17) is 28.9 Å². The first-order chi connectivity index (χ1) is 7.06. The van der Waals surface area contributed by atoms with Gasteiger partial charge in [0, 0.05) is 10.1 Å². The van der Waals surface area contributed by atoms with Crippen molar-refractivity contribution in [3.05, 3.63) is 28.2 Å². The average Bonchev–Trinajstić information content (AvgIpc) is 2.21. The number of nitrogens with two attached hydrogens (primary N) is 1. The highest BCUT2D eigenvalue weighted by Crippen LogP contribution is 2.25. The highest BCUT2D eigenvalue weighted by atomic mass is 35.5. The molecule has 0 amide bonds. The molecule has 1 aromatic carbocycles. The third-order valence-corrected chi connectivity index (χ3v) is 4.49. The normalized spacial score (nSPS) is 14.9. The summed E-state index contributed by atoms with van der Waals surface area (Å²) < 4.78 is 12.0. The van der Waals surface area contributed by atoms with Gasteiger partial charge in [-0.2, -0.15) is 0 Å². The Bertz CT molecular complexity index is 370. The lowest BCUT2D eigenvalue weighted by Crippen LogP contribution is -2.16. The molecule has 0 aliphatic rings. The van der Waals surface area contributed by atoms with E-state index in [2.05, 4.69) is 0 Å². The molecule has 0 saturated carbocycles. The number of benzene rings is 1. The van der Waals surface area contributed by atoms with Gasteiger partial charge in [0.25, 0.3) is 0 Å². The van der Waals surface area contributed by atoms with Gasteiger partial charge >= 0.3 is 0 Å². The smallest absolute Gasteiger partial charge is 0.0604 e. The van der Waals surface area contributed by atoms with Gasteiger partial charge in [-0.3, -0.25) is 4.21 Å². The van der Waals surface area contributed by atoms with Crippen molar-refractivity contribution < 1.29 is 4.21 Å². The standard InChI is InChI=1S/C10H13Cl2NOS/c1-7(4-5-13)15(14)8-2-3-9(11)10(12)6-8/h2-3,6-7H,4-5,13H2,1H3. The fraction of sp³-hybridized carbons (Fsp3) is 0.400. The van der Waals surface area contributed by atoms with E-state index in [-0.39, 0.29) is 5.25 Å². The van der Waals surface area contributed by atoms with Gasteiger partial charge in [-0.1, -0.05) is 30.1 Å². The quantitative estimate of drug-likeness (QED) is 0.910. The first kappa shape index (κ1) is 13.0. The van der Waals surface area contributed by atoms with Crippen LogP contribution in [0.5, 0.6) is 0 Å². The van der Waals surface area contributed by atoms with Crippen molar-refractivity contribution in [2.75, 3.05) is 6.54 Å². The molecule has 0 aliphatic heterocycles. The molecule has 0 fully saturated rings. The monoisotopic (exact) mass is 265 g/mol. The van der Waals surface area contributed by atoms with Gasteiger partial charge < -0.3 is 5.73 Å². The van der Waals surface area contributed by atoms with Crippen LogP contribution in [-0.2, 0) is 10.8 Å². The highest BCUT2D eigenvalue weighted by molar-refractivity contribution is 7.85. The number of rotatable bonds is 4. The van der Waals surface area contributed by atoms with E-state index in [1.165, 1.54) is 0 Å². The first-order valence-electron chi connectivity index (χ1n) is 4.62. The fourth-order valence-electron chi connectivity index (χ4n) is 1.18. The Balaban J connectivity index is 2.87. The predicted octanol–water partition coefficient (Wildman–Crippen LogP) is 2.84. The predicted molar refractivity (Wildman–Crippen MR) is 66.0 cm³/mol. The lowest BCUT2D eigenvalue weighted by Gasteiger charge is -2.10. The molecule has 0 spiro atoms. The van der Waals surface area contributed by atoms with Gasteiger partial charge in [0.2, 0.25) is 0 Å². The molecule has 2 atom stereocenters. The lowest BCUT2D eigenvalue weighted by molar-refractivity contribution is 0.666. The van der Waals surface area contributed by atoms with Crippen LogP contribution in [-0.4, -0.2) is 16.0 Å². The topological polar surface area (TPSA) is 43.1 Å². The van der Waals surface area contributed by atoms with Crippen molar-refractivity contribution in [2.24, 2.45) is 5.73 Å². The summed E-state index contributed by atoms with van der Waals surface area (Å²) in [7, 11) is -1.07. The molecule has 5 heteroatoms. The SMILES string of the molecule is CC(CCN)S(=O)c1ccc(Cl)c(Cl)c1. The Morgan fingerprint density at radius 3 is 2.60 bits per heavy atom. The largest absolute Gasteiger partial charge is 0.330 e. The molecule has 0 aliphatic carbocycles. The van der Waals surface area contributed by atoms with Gasteiger partial charge in [-0.05, 0) is 31.2 Å². The molecule has 0 heterocycles. The molecule has 84 valence electrons. The van der Waals surface area contributed by atoms with Crippen LogP contribution in [0.3, 0.4) is 0 Å². The van der Waals surface area contributed by atoms with Crippen LogP contribution in [0.25, 0.3) is 0 Å². The first-order valence-corrected chi connectivity index (χ1v) is 6.59. The van der Waals surface area contributed by atoms with Crippen molar-refractivity contribution in [3.63, 3.8) is 0 Å². The summed E-state index contributed by atoms with van der Waals surface area (Å²) in [6, 6.07) is 5.04. The van der Waals surface area contributed by atoms with Crippen molar-refractivity contribution in [2.45, 2.75) is 23.5 Å². The Kier molecular flexibility index (Phi) is 5.06. The Morgan fingerprint density at radius 1 is 1.40 bits per heavy atom. The van der Waals surface area contributed by atoms with Crippen LogP contribution in [0.1, 0.15) is 13.3 Å². The second-order valence-corrected chi connectivity index (χ2v) is 5.95. The van der Waals surface area contributed by atoms with Crippen LogP contribution in [0.2, 0.25) is 10.0 Å². The van der Waals surface area contributed by atoms with Crippen LogP contribution in [0.4, 0.5) is 0 Å². The van der Waals surface area contributed by atoms with Gasteiger partial charge in [-0.15, -0.1) is 0 Å². The van der Waals surface area contributed by atoms with Crippen LogP contribution >= 0.6 is 23.2 Å². The summed E-state index contributed by atoms with van der Waals surface area (Å²) >= 11 is 11.6. The molecule has 1 aromatic rings. The van der Waals surface area contributed by atoms with Gasteiger partial charge in [0.05, 0.1) is 20.8 Å². The molecule has 15 heavy (non-hydrogen) atoms. The second-order valence-electron chi connectivity index (χ2n) is 3.26. The zero-order valence-electron chi connectivity index (χ0n) is 8.37. The molecular formula is C10H13Cl2NOS. The molecule has 0 radical (unpaired) electrons. The van der Waals surface area contributed by atoms with E-state index in [1.807, 2.05) is 6.92 Å². The fourth-order valence-corrected chi connectivity index (χ4v) is 2.79. The minimum Gasteiger partial charge on any atom is -0.330 e. The Labute approximate surface area is 102 Å². The van der Waals surface area contributed by atoms with E-state index in [0.717, 1.165) is 6.42 Å². The van der Waals surface area contributed by atoms with E-state index < -0.39 is 10.8 Å². The maximum atomic E-state index is 12.0. The van der Waals surface area contributed by atoms with E-state index >= 15 is 0 Å². The maximum absolute atomic E-state index is 12.0. The number of hydrogen-bond acceptors (Lipinski definition) is 2. The lowest BCUT2D eigenvalue weighted by atomic mass is 10.3. The average molecular weight is 266 g/mol. The summed E-state index contributed by atoms with van der Waals surface area (Å²) in [5.74, 6) is 0. The Morgan fingerprint density at radius 2 is 2.07 bits per heavy atom. The van der Waals surface area contributed by atoms with Crippen molar-refractivity contribution in [1.29, 1.82) is 0 Å². The zero-order valence-corrected chi connectivity index (χ0v) is 10.7. The van der Waals surface area contributed by atoms with Crippen LogP contribution in [0, 0.1) is 0 Å². The summed E-state index contributed by atoms with van der Waals surface area (Å²) in [6.45, 7) is 2.44. The van der Waals surface area contributed by atoms with Gasteiger partial charge in [0.1, 0.15) is 0 Å². The highest BCUT2D eigenvalue weighted by Gasteiger charge is 2.13. The minimum atomic E-state index is -1.07. The van der Waals surface area contributed by atoms with E-state index in [1.54, 1.807) is 18.2 Å². The molecule has 2 unspecified atom stereocenters. The molecule has 2 N–H and O–H groups in total. The molecular weight excluding hydrogens is 253 g/mol. The molecule has 0 bridgehead atoms.